The standard InChI is InChI=1S/C14H20N2O5/c1-10(2)21-8-7-15-14(20)16(9-13(18)19)11-3-5-12(17)6-4-11/h3-6,10,17H,7-9H2,1-2H3,(H,15,20)(H,18,19). The van der Waals surface area contributed by atoms with Crippen LogP contribution in [0.5, 0.6) is 5.75 Å². The summed E-state index contributed by atoms with van der Waals surface area (Å²) in [7, 11) is 0. The van der Waals surface area contributed by atoms with Crippen molar-refractivity contribution in [2.75, 3.05) is 24.6 Å². The third kappa shape index (κ3) is 6.13. The van der Waals surface area contributed by atoms with Gasteiger partial charge in [-0.2, -0.15) is 0 Å². The van der Waals surface area contributed by atoms with Crippen molar-refractivity contribution in [3.8, 4) is 5.75 Å². The van der Waals surface area contributed by atoms with Crippen LogP contribution in [0, 0.1) is 0 Å². The van der Waals surface area contributed by atoms with Gasteiger partial charge in [0, 0.05) is 12.2 Å². The minimum Gasteiger partial charge on any atom is -0.508 e. The molecule has 0 radical (unpaired) electrons. The summed E-state index contributed by atoms with van der Waals surface area (Å²) in [6.07, 6.45) is 0.0640. The molecule has 0 saturated carbocycles. The van der Waals surface area contributed by atoms with Crippen LogP contribution >= 0.6 is 0 Å². The molecule has 0 aliphatic carbocycles. The first-order chi connectivity index (χ1) is 9.90. The Balaban J connectivity index is 2.66. The molecule has 0 aromatic heterocycles. The second-order valence-electron chi connectivity index (χ2n) is 4.65. The molecule has 116 valence electrons. The highest BCUT2D eigenvalue weighted by molar-refractivity contribution is 5.96. The predicted molar refractivity (Wildman–Crippen MR) is 77.6 cm³/mol. The van der Waals surface area contributed by atoms with E-state index in [1.807, 2.05) is 13.8 Å². The van der Waals surface area contributed by atoms with Crippen molar-refractivity contribution in [2.45, 2.75) is 20.0 Å². The van der Waals surface area contributed by atoms with Gasteiger partial charge in [-0.1, -0.05) is 0 Å². The molecular formula is C14H20N2O5. The van der Waals surface area contributed by atoms with Gasteiger partial charge >= 0.3 is 12.0 Å². The van der Waals surface area contributed by atoms with Gasteiger partial charge in [0.25, 0.3) is 0 Å². The molecule has 0 aliphatic rings. The molecule has 0 fully saturated rings. The van der Waals surface area contributed by atoms with Crippen molar-refractivity contribution >= 4 is 17.7 Å². The van der Waals surface area contributed by atoms with E-state index in [9.17, 15) is 14.7 Å². The number of aromatic hydroxyl groups is 1. The number of carbonyl (C=O) groups excluding carboxylic acids is 1. The largest absolute Gasteiger partial charge is 0.508 e. The number of nitrogens with zero attached hydrogens (tertiary/aromatic N) is 1. The fourth-order valence-electron chi connectivity index (χ4n) is 1.60. The topological polar surface area (TPSA) is 99.1 Å². The quantitative estimate of drug-likeness (QED) is 0.661. The first-order valence-electron chi connectivity index (χ1n) is 6.58. The normalized spacial score (nSPS) is 10.4. The molecule has 21 heavy (non-hydrogen) atoms. The summed E-state index contributed by atoms with van der Waals surface area (Å²) < 4.78 is 5.29. The van der Waals surface area contributed by atoms with Gasteiger partial charge < -0.3 is 20.3 Å². The first-order valence-corrected chi connectivity index (χ1v) is 6.58. The molecule has 0 spiro atoms. The summed E-state index contributed by atoms with van der Waals surface area (Å²) in [5, 5.41) is 20.7. The van der Waals surface area contributed by atoms with E-state index in [0.717, 1.165) is 4.90 Å². The number of hydrogen-bond donors (Lipinski definition) is 3. The van der Waals surface area contributed by atoms with Crippen molar-refractivity contribution < 1.29 is 24.5 Å². The lowest BCUT2D eigenvalue weighted by Crippen LogP contribution is -2.44. The number of anilines is 1. The molecule has 0 heterocycles. The number of rotatable bonds is 7. The Morgan fingerprint density at radius 1 is 1.29 bits per heavy atom. The third-order valence-electron chi connectivity index (χ3n) is 2.53. The number of carbonyl (C=O) groups is 2. The molecule has 1 rings (SSSR count). The number of benzene rings is 1. The van der Waals surface area contributed by atoms with Crippen molar-refractivity contribution in [2.24, 2.45) is 0 Å². The Kier molecular flexibility index (Phi) is 6.48. The molecule has 0 unspecified atom stereocenters. The zero-order valence-electron chi connectivity index (χ0n) is 12.1. The zero-order valence-corrected chi connectivity index (χ0v) is 12.1. The number of nitrogens with one attached hydrogen (secondary N) is 1. The van der Waals surface area contributed by atoms with Gasteiger partial charge in [0.1, 0.15) is 12.3 Å². The summed E-state index contributed by atoms with van der Waals surface area (Å²) in [6, 6.07) is 5.19. The van der Waals surface area contributed by atoms with Gasteiger partial charge in [-0.3, -0.25) is 9.69 Å². The molecule has 1 aromatic carbocycles. The van der Waals surface area contributed by atoms with Crippen molar-refractivity contribution in [1.82, 2.24) is 5.32 Å². The van der Waals surface area contributed by atoms with Gasteiger partial charge in [-0.25, -0.2) is 4.79 Å². The second kappa shape index (κ2) is 8.11. The lowest BCUT2D eigenvalue weighted by Gasteiger charge is -2.21. The monoisotopic (exact) mass is 296 g/mol. The molecule has 0 saturated heterocycles. The van der Waals surface area contributed by atoms with E-state index in [0.29, 0.717) is 12.3 Å². The molecule has 0 atom stereocenters. The molecular weight excluding hydrogens is 276 g/mol. The average molecular weight is 296 g/mol. The maximum atomic E-state index is 12.0. The minimum atomic E-state index is -1.13. The molecule has 3 N–H and O–H groups in total. The van der Waals surface area contributed by atoms with Crippen molar-refractivity contribution in [1.29, 1.82) is 0 Å². The number of amides is 2. The van der Waals surface area contributed by atoms with E-state index >= 15 is 0 Å². The van der Waals surface area contributed by atoms with Crippen LogP contribution in [-0.4, -0.2) is 48.0 Å². The Bertz CT molecular complexity index is 473. The second-order valence-corrected chi connectivity index (χ2v) is 4.65. The van der Waals surface area contributed by atoms with Gasteiger partial charge in [-0.05, 0) is 38.1 Å². The number of phenolic OH excluding ortho intramolecular Hbond substituents is 1. The number of hydrogen-bond acceptors (Lipinski definition) is 4. The highest BCUT2D eigenvalue weighted by atomic mass is 16.5. The number of ether oxygens (including phenoxy) is 1. The van der Waals surface area contributed by atoms with Crippen LogP contribution in [0.1, 0.15) is 13.8 Å². The van der Waals surface area contributed by atoms with Gasteiger partial charge in [0.2, 0.25) is 0 Å². The Morgan fingerprint density at radius 3 is 2.43 bits per heavy atom. The summed E-state index contributed by atoms with van der Waals surface area (Å²) in [6.45, 7) is 3.93. The average Bonchev–Trinajstić information content (AvgIpc) is 2.41. The van der Waals surface area contributed by atoms with Crippen molar-refractivity contribution in [3.05, 3.63) is 24.3 Å². The van der Waals surface area contributed by atoms with Crippen LogP contribution in [0.15, 0.2) is 24.3 Å². The van der Waals surface area contributed by atoms with Crippen LogP contribution in [0.2, 0.25) is 0 Å². The zero-order chi connectivity index (χ0) is 15.8. The lowest BCUT2D eigenvalue weighted by molar-refractivity contribution is -0.135. The fraction of sp³-hybridized carbons (Fsp3) is 0.429. The predicted octanol–water partition coefficient (Wildman–Crippen LogP) is 1.42. The molecule has 0 bridgehead atoms. The SMILES string of the molecule is CC(C)OCCNC(=O)N(CC(=O)O)c1ccc(O)cc1. The number of aliphatic carboxylic acids is 1. The van der Waals surface area contributed by atoms with E-state index in [1.54, 1.807) is 0 Å². The maximum absolute atomic E-state index is 12.0. The van der Waals surface area contributed by atoms with Crippen LogP contribution in [0.25, 0.3) is 0 Å². The molecule has 1 aromatic rings. The van der Waals surface area contributed by atoms with Gasteiger partial charge in [0.05, 0.1) is 12.7 Å². The summed E-state index contributed by atoms with van der Waals surface area (Å²) in [5.41, 5.74) is 0.387. The molecule has 2 amide bonds. The van der Waals surface area contributed by atoms with E-state index in [1.165, 1.54) is 24.3 Å². The van der Waals surface area contributed by atoms with Crippen molar-refractivity contribution in [3.63, 3.8) is 0 Å². The number of carboxylic acid groups (broad SMARTS) is 1. The highest BCUT2D eigenvalue weighted by Crippen LogP contribution is 2.18. The Labute approximate surface area is 123 Å². The summed E-state index contributed by atoms with van der Waals surface area (Å²) in [5.74, 6) is -1.09. The lowest BCUT2D eigenvalue weighted by atomic mass is 10.3. The summed E-state index contributed by atoms with van der Waals surface area (Å²) >= 11 is 0. The minimum absolute atomic E-state index is 0.0415. The Morgan fingerprint density at radius 2 is 1.90 bits per heavy atom. The number of phenols is 1. The van der Waals surface area contributed by atoms with Crippen LogP contribution in [0.3, 0.4) is 0 Å². The summed E-state index contributed by atoms with van der Waals surface area (Å²) in [4.78, 5) is 24.0. The van der Waals surface area contributed by atoms with Gasteiger partial charge in [0.15, 0.2) is 0 Å². The maximum Gasteiger partial charge on any atom is 0.323 e. The van der Waals surface area contributed by atoms with E-state index < -0.39 is 18.5 Å². The van der Waals surface area contributed by atoms with Crippen LogP contribution < -0.4 is 10.2 Å². The fourth-order valence-corrected chi connectivity index (χ4v) is 1.60. The number of carboxylic acids is 1. The van der Waals surface area contributed by atoms with Gasteiger partial charge in [-0.15, -0.1) is 0 Å². The number of urea groups is 1. The van der Waals surface area contributed by atoms with E-state index in [2.05, 4.69) is 5.32 Å². The Hall–Kier alpha value is -2.28. The smallest absolute Gasteiger partial charge is 0.323 e. The third-order valence-corrected chi connectivity index (χ3v) is 2.53. The highest BCUT2D eigenvalue weighted by Gasteiger charge is 2.18. The van der Waals surface area contributed by atoms with E-state index in [-0.39, 0.29) is 18.4 Å². The van der Waals surface area contributed by atoms with Crippen LogP contribution in [0.4, 0.5) is 10.5 Å². The molecule has 7 heteroatoms. The van der Waals surface area contributed by atoms with Crippen LogP contribution in [-0.2, 0) is 9.53 Å². The molecule has 7 nitrogen and oxygen atoms in total. The van der Waals surface area contributed by atoms with E-state index in [4.69, 9.17) is 9.84 Å². The first kappa shape index (κ1) is 16.8. The molecule has 0 aliphatic heterocycles.